The van der Waals surface area contributed by atoms with Gasteiger partial charge in [-0.25, -0.2) is 4.79 Å². The van der Waals surface area contributed by atoms with E-state index in [0.717, 1.165) is 19.3 Å². The summed E-state index contributed by atoms with van der Waals surface area (Å²) in [6.07, 6.45) is 9.35. The molecule has 0 aliphatic carbocycles. The Morgan fingerprint density at radius 3 is 2.30 bits per heavy atom. The first-order valence-corrected chi connectivity index (χ1v) is 9.70. The van der Waals surface area contributed by atoms with Crippen molar-refractivity contribution in [3.05, 3.63) is 12.2 Å². The number of esters is 1. The van der Waals surface area contributed by atoms with E-state index < -0.39 is 22.8 Å². The van der Waals surface area contributed by atoms with Crippen molar-refractivity contribution in [2.24, 2.45) is 0 Å². The predicted molar refractivity (Wildman–Crippen MR) is 98.7 cm³/mol. The molecule has 0 aromatic rings. The van der Waals surface area contributed by atoms with Crippen LogP contribution < -0.4 is 0 Å². The van der Waals surface area contributed by atoms with Crippen LogP contribution in [-0.4, -0.2) is 39.9 Å². The largest absolute Gasteiger partial charge is 0.463 e. The van der Waals surface area contributed by atoms with Crippen molar-refractivity contribution < 1.29 is 14.6 Å². The van der Waals surface area contributed by atoms with Crippen LogP contribution in [0.1, 0.15) is 58.8 Å². The predicted octanol–water partition coefficient (Wildman–Crippen LogP) is 5.04. The number of halogens is 3. The molecule has 23 heavy (non-hydrogen) atoms. The Bertz CT molecular complexity index is 337. The zero-order valence-electron chi connectivity index (χ0n) is 14.0. The number of hydrogen-bond donors (Lipinski definition) is 1. The number of ether oxygens (including phenoxy) is 1. The number of aliphatic hydroxyl groups is 1. The molecule has 0 saturated carbocycles. The van der Waals surface area contributed by atoms with Crippen molar-refractivity contribution in [1.29, 1.82) is 0 Å². The number of alkyl halides is 3. The van der Waals surface area contributed by atoms with E-state index >= 15 is 0 Å². The number of unbranched alkanes of at least 4 members (excludes halogenated alkanes) is 5. The average Bonchev–Trinajstić information content (AvgIpc) is 2.54. The third-order valence-corrected chi connectivity index (χ3v) is 5.12. The molecule has 4 atom stereocenters. The molecular weight excluding hydrogens is 359 g/mol. The molecule has 0 aliphatic heterocycles. The molecule has 3 nitrogen and oxygen atoms in total. The topological polar surface area (TPSA) is 46.5 Å². The van der Waals surface area contributed by atoms with Gasteiger partial charge in [0.05, 0.1) is 28.8 Å². The van der Waals surface area contributed by atoms with Gasteiger partial charge in [-0.2, -0.15) is 0 Å². The van der Waals surface area contributed by atoms with E-state index in [9.17, 15) is 9.90 Å². The van der Waals surface area contributed by atoms with Gasteiger partial charge in [0.25, 0.3) is 0 Å². The van der Waals surface area contributed by atoms with E-state index in [2.05, 4.69) is 6.92 Å². The second-order valence-electron chi connectivity index (χ2n) is 5.56. The van der Waals surface area contributed by atoms with Crippen LogP contribution in [0.4, 0.5) is 0 Å². The van der Waals surface area contributed by atoms with Gasteiger partial charge in [0, 0.05) is 6.08 Å². The molecule has 0 aromatic heterocycles. The van der Waals surface area contributed by atoms with Crippen molar-refractivity contribution in [3.63, 3.8) is 0 Å². The molecule has 0 saturated heterocycles. The minimum Gasteiger partial charge on any atom is -0.463 e. The highest BCUT2D eigenvalue weighted by atomic mass is 35.5. The van der Waals surface area contributed by atoms with Gasteiger partial charge in [-0.05, 0) is 13.3 Å². The van der Waals surface area contributed by atoms with Crippen LogP contribution in [0.5, 0.6) is 0 Å². The zero-order valence-corrected chi connectivity index (χ0v) is 16.3. The number of hydrogen-bond acceptors (Lipinski definition) is 3. The van der Waals surface area contributed by atoms with Gasteiger partial charge in [-0.15, -0.1) is 34.8 Å². The lowest BCUT2D eigenvalue weighted by atomic mass is 10.0. The van der Waals surface area contributed by atoms with Crippen molar-refractivity contribution in [2.45, 2.75) is 81.0 Å². The van der Waals surface area contributed by atoms with Gasteiger partial charge in [-0.1, -0.05) is 51.5 Å². The van der Waals surface area contributed by atoms with Gasteiger partial charge in [0.2, 0.25) is 0 Å². The number of carbonyl (C=O) groups excluding carboxylic acids is 1. The summed E-state index contributed by atoms with van der Waals surface area (Å²) in [7, 11) is 0. The van der Waals surface area contributed by atoms with Crippen LogP contribution in [0.15, 0.2) is 12.2 Å². The molecular formula is C17H29Cl3O3. The van der Waals surface area contributed by atoms with Gasteiger partial charge in [0.1, 0.15) is 0 Å². The minimum absolute atomic E-state index is 0.290. The van der Waals surface area contributed by atoms with E-state index in [1.165, 1.54) is 37.8 Å². The summed E-state index contributed by atoms with van der Waals surface area (Å²) in [5.41, 5.74) is 0. The first kappa shape index (κ1) is 23.0. The summed E-state index contributed by atoms with van der Waals surface area (Å²) in [6.45, 7) is 4.19. The maximum atomic E-state index is 11.2. The molecule has 0 unspecified atom stereocenters. The molecule has 0 aliphatic rings. The SMILES string of the molecule is CCCCCCCC[C@@H](Cl)[C@H](Cl)[C@H](O)[C@H](Cl)/C=C/C(=O)OCC. The Hall–Kier alpha value is 0.0400. The second kappa shape index (κ2) is 14.4. The summed E-state index contributed by atoms with van der Waals surface area (Å²) >= 11 is 18.5. The fourth-order valence-corrected chi connectivity index (χ4v) is 3.03. The van der Waals surface area contributed by atoms with E-state index in [-0.39, 0.29) is 5.38 Å². The maximum absolute atomic E-state index is 11.2. The molecule has 0 amide bonds. The Kier molecular flexibility index (Phi) is 14.4. The Morgan fingerprint density at radius 1 is 1.09 bits per heavy atom. The molecule has 0 aromatic carbocycles. The van der Waals surface area contributed by atoms with Crippen molar-refractivity contribution in [3.8, 4) is 0 Å². The first-order chi connectivity index (χ1) is 10.9. The molecule has 1 N–H and O–H groups in total. The summed E-state index contributed by atoms with van der Waals surface area (Å²) in [5.74, 6) is -0.494. The molecule has 0 rings (SSSR count). The standard InChI is InChI=1S/C17H29Cl3O3/c1-3-5-6-7-8-9-10-13(18)16(20)17(22)14(19)11-12-15(21)23-4-2/h11-14,16-17,22H,3-10H2,1-2H3/b12-11+/t13-,14-,16+,17-/m1/s1. The summed E-state index contributed by atoms with van der Waals surface area (Å²) in [4.78, 5) is 11.2. The molecule has 0 heterocycles. The fraction of sp³-hybridized carbons (Fsp3) is 0.824. The van der Waals surface area contributed by atoms with Crippen LogP contribution in [0, 0.1) is 0 Å². The fourth-order valence-electron chi connectivity index (χ4n) is 2.14. The Balaban J connectivity index is 4.09. The van der Waals surface area contributed by atoms with Crippen molar-refractivity contribution in [1.82, 2.24) is 0 Å². The van der Waals surface area contributed by atoms with Crippen molar-refractivity contribution >= 4 is 40.8 Å². The number of rotatable bonds is 13. The van der Waals surface area contributed by atoms with E-state index in [4.69, 9.17) is 39.5 Å². The Morgan fingerprint density at radius 2 is 1.70 bits per heavy atom. The normalized spacial score (nSPS) is 17.0. The summed E-state index contributed by atoms with van der Waals surface area (Å²) in [5, 5.41) is 8.32. The molecule has 6 heteroatoms. The minimum atomic E-state index is -1.02. The lowest BCUT2D eigenvalue weighted by molar-refractivity contribution is -0.137. The zero-order chi connectivity index (χ0) is 17.7. The lowest BCUT2D eigenvalue weighted by Crippen LogP contribution is -2.35. The molecule has 0 radical (unpaired) electrons. The van der Waals surface area contributed by atoms with Crippen LogP contribution in [0.2, 0.25) is 0 Å². The van der Waals surface area contributed by atoms with Gasteiger partial charge >= 0.3 is 5.97 Å². The number of carbonyl (C=O) groups is 1. The summed E-state index contributed by atoms with van der Waals surface area (Å²) in [6, 6.07) is 0. The van der Waals surface area contributed by atoms with Gasteiger partial charge < -0.3 is 9.84 Å². The lowest BCUT2D eigenvalue weighted by Gasteiger charge is -2.23. The highest BCUT2D eigenvalue weighted by molar-refractivity contribution is 6.31. The third kappa shape index (κ3) is 11.3. The van der Waals surface area contributed by atoms with E-state index in [1.807, 2.05) is 0 Å². The maximum Gasteiger partial charge on any atom is 0.330 e. The molecule has 136 valence electrons. The van der Waals surface area contributed by atoms with Crippen LogP contribution in [0.3, 0.4) is 0 Å². The second-order valence-corrected chi connectivity index (χ2v) is 7.13. The highest BCUT2D eigenvalue weighted by Crippen LogP contribution is 2.24. The van der Waals surface area contributed by atoms with Crippen LogP contribution >= 0.6 is 34.8 Å². The summed E-state index contributed by atoms with van der Waals surface area (Å²) < 4.78 is 4.75. The molecule has 0 fully saturated rings. The molecule has 0 bridgehead atoms. The van der Waals surface area contributed by atoms with E-state index in [1.54, 1.807) is 6.92 Å². The number of aliphatic hydroxyl groups excluding tert-OH is 1. The van der Waals surface area contributed by atoms with E-state index in [0.29, 0.717) is 6.61 Å². The Labute approximate surface area is 155 Å². The average molecular weight is 388 g/mol. The van der Waals surface area contributed by atoms with Crippen LogP contribution in [-0.2, 0) is 9.53 Å². The molecule has 0 spiro atoms. The first-order valence-electron chi connectivity index (χ1n) is 8.39. The smallest absolute Gasteiger partial charge is 0.330 e. The van der Waals surface area contributed by atoms with Crippen LogP contribution in [0.25, 0.3) is 0 Å². The monoisotopic (exact) mass is 386 g/mol. The van der Waals surface area contributed by atoms with Gasteiger partial charge in [-0.3, -0.25) is 0 Å². The highest BCUT2D eigenvalue weighted by Gasteiger charge is 2.29. The van der Waals surface area contributed by atoms with Gasteiger partial charge in [0.15, 0.2) is 0 Å². The third-order valence-electron chi connectivity index (χ3n) is 3.53. The van der Waals surface area contributed by atoms with Crippen molar-refractivity contribution in [2.75, 3.05) is 6.61 Å². The quantitative estimate of drug-likeness (QED) is 0.208.